The molecule has 0 aliphatic rings. The highest BCUT2D eigenvalue weighted by Gasteiger charge is 2.11. The van der Waals surface area contributed by atoms with E-state index >= 15 is 0 Å². The first-order valence-electron chi connectivity index (χ1n) is 7.21. The average molecular weight is 316 g/mol. The Hall–Kier alpha value is -2.76. The molecule has 1 N–H and O–H groups in total. The van der Waals surface area contributed by atoms with Crippen LogP contribution >= 0.6 is 0 Å². The summed E-state index contributed by atoms with van der Waals surface area (Å²) in [6.07, 6.45) is 2.19. The van der Waals surface area contributed by atoms with Gasteiger partial charge < -0.3 is 19.4 Å². The fourth-order valence-corrected chi connectivity index (χ4v) is 2.19. The molecule has 2 rings (SSSR count). The van der Waals surface area contributed by atoms with Crippen molar-refractivity contribution in [2.75, 3.05) is 20.8 Å². The molecule has 23 heavy (non-hydrogen) atoms. The minimum atomic E-state index is -0.314. The number of pyridine rings is 1. The molecule has 0 unspecified atom stereocenters. The summed E-state index contributed by atoms with van der Waals surface area (Å²) in [5, 5.41) is 2.81. The lowest BCUT2D eigenvalue weighted by Crippen LogP contribution is -2.29. The fraction of sp³-hybridized carbons (Fsp3) is 0.294. The van der Waals surface area contributed by atoms with Crippen molar-refractivity contribution in [2.45, 2.75) is 6.42 Å². The number of aryl methyl sites for hydroxylation is 1. The van der Waals surface area contributed by atoms with Crippen LogP contribution in [0.3, 0.4) is 0 Å². The Morgan fingerprint density at radius 3 is 2.48 bits per heavy atom. The van der Waals surface area contributed by atoms with E-state index in [1.54, 1.807) is 18.7 Å². The van der Waals surface area contributed by atoms with Crippen LogP contribution in [0.25, 0.3) is 0 Å². The number of benzene rings is 1. The number of carbonyl (C=O) groups is 1. The van der Waals surface area contributed by atoms with E-state index < -0.39 is 0 Å². The first-order valence-corrected chi connectivity index (χ1v) is 7.21. The molecule has 0 fully saturated rings. The molecule has 1 amide bonds. The highest BCUT2D eigenvalue weighted by atomic mass is 16.5. The number of hydrogen-bond acceptors (Lipinski definition) is 4. The highest BCUT2D eigenvalue weighted by molar-refractivity contribution is 5.92. The normalized spacial score (nSPS) is 10.2. The topological polar surface area (TPSA) is 69.6 Å². The first-order chi connectivity index (χ1) is 11.0. The Morgan fingerprint density at radius 1 is 1.17 bits per heavy atom. The van der Waals surface area contributed by atoms with Gasteiger partial charge in [-0.2, -0.15) is 0 Å². The predicted molar refractivity (Wildman–Crippen MR) is 87.3 cm³/mol. The third-order valence-electron chi connectivity index (χ3n) is 3.51. The fourth-order valence-electron chi connectivity index (χ4n) is 2.19. The van der Waals surface area contributed by atoms with Gasteiger partial charge in [0, 0.05) is 19.7 Å². The summed E-state index contributed by atoms with van der Waals surface area (Å²) < 4.78 is 11.6. The van der Waals surface area contributed by atoms with Gasteiger partial charge in [-0.3, -0.25) is 9.59 Å². The van der Waals surface area contributed by atoms with Crippen molar-refractivity contribution in [3.63, 3.8) is 0 Å². The van der Waals surface area contributed by atoms with Gasteiger partial charge in [-0.25, -0.2) is 0 Å². The van der Waals surface area contributed by atoms with E-state index in [9.17, 15) is 9.59 Å². The third kappa shape index (κ3) is 4.12. The predicted octanol–water partition coefficient (Wildman–Crippen LogP) is 1.37. The molecule has 0 saturated carbocycles. The smallest absolute Gasteiger partial charge is 0.268 e. The number of amides is 1. The molecule has 2 aromatic rings. The zero-order chi connectivity index (χ0) is 16.8. The number of ether oxygens (including phenoxy) is 2. The van der Waals surface area contributed by atoms with Crippen molar-refractivity contribution in [3.05, 3.63) is 58.0 Å². The zero-order valence-corrected chi connectivity index (χ0v) is 13.5. The summed E-state index contributed by atoms with van der Waals surface area (Å²) in [6.45, 7) is 0.478. The number of carbonyl (C=O) groups excluding carboxylic acids is 1. The Bertz CT molecular complexity index is 735. The van der Waals surface area contributed by atoms with Crippen molar-refractivity contribution in [2.24, 2.45) is 7.05 Å². The first kappa shape index (κ1) is 16.6. The van der Waals surface area contributed by atoms with E-state index in [1.807, 2.05) is 24.3 Å². The van der Waals surface area contributed by atoms with Gasteiger partial charge in [-0.15, -0.1) is 0 Å². The molecular weight excluding hydrogens is 296 g/mol. The lowest BCUT2D eigenvalue weighted by atomic mass is 10.1. The quantitative estimate of drug-likeness (QED) is 0.874. The molecule has 0 aliphatic carbocycles. The summed E-state index contributed by atoms with van der Waals surface area (Å²) in [5.74, 6) is 0.717. The lowest BCUT2D eigenvalue weighted by molar-refractivity contribution is 0.0945. The molecule has 1 aromatic carbocycles. The highest BCUT2D eigenvalue weighted by Crippen LogP contribution is 2.11. The summed E-state index contributed by atoms with van der Waals surface area (Å²) in [7, 11) is 4.74. The average Bonchev–Trinajstić information content (AvgIpc) is 2.57. The standard InChI is InChI=1S/C17H20N2O4/c1-19-11-16(23-3)15(20)10-14(19)17(21)18-9-8-12-4-6-13(22-2)7-5-12/h4-7,10-11H,8-9H2,1-3H3,(H,18,21). The van der Waals surface area contributed by atoms with E-state index in [0.29, 0.717) is 18.7 Å². The van der Waals surface area contributed by atoms with E-state index in [2.05, 4.69) is 5.32 Å². The number of nitrogens with one attached hydrogen (secondary N) is 1. The minimum Gasteiger partial charge on any atom is -0.497 e. The summed E-state index contributed by atoms with van der Waals surface area (Å²) in [5.41, 5.74) is 1.08. The van der Waals surface area contributed by atoms with Crippen LogP contribution in [0.1, 0.15) is 16.1 Å². The second-order valence-corrected chi connectivity index (χ2v) is 5.06. The van der Waals surface area contributed by atoms with E-state index in [-0.39, 0.29) is 17.1 Å². The molecule has 0 bridgehead atoms. The van der Waals surface area contributed by atoms with E-state index in [0.717, 1.165) is 11.3 Å². The Labute approximate surface area is 134 Å². The van der Waals surface area contributed by atoms with Crippen LogP contribution in [0.4, 0.5) is 0 Å². The molecule has 0 spiro atoms. The van der Waals surface area contributed by atoms with E-state index in [1.165, 1.54) is 19.4 Å². The summed E-state index contributed by atoms with van der Waals surface area (Å²) in [6, 6.07) is 8.94. The van der Waals surface area contributed by atoms with Crippen LogP contribution in [-0.4, -0.2) is 31.2 Å². The maximum atomic E-state index is 12.2. The van der Waals surface area contributed by atoms with Crippen molar-refractivity contribution >= 4 is 5.91 Å². The van der Waals surface area contributed by atoms with Crippen molar-refractivity contribution in [1.82, 2.24) is 9.88 Å². The molecule has 0 aliphatic heterocycles. The maximum absolute atomic E-state index is 12.2. The van der Waals surface area contributed by atoms with Crippen LogP contribution in [0.2, 0.25) is 0 Å². The number of rotatable bonds is 6. The molecule has 1 aromatic heterocycles. The van der Waals surface area contributed by atoms with Crippen molar-refractivity contribution < 1.29 is 14.3 Å². The molecule has 1 heterocycles. The molecule has 0 radical (unpaired) electrons. The Morgan fingerprint density at radius 2 is 1.87 bits per heavy atom. The molecule has 0 atom stereocenters. The van der Waals surface area contributed by atoms with Gasteiger partial charge in [0.05, 0.1) is 20.4 Å². The largest absolute Gasteiger partial charge is 0.497 e. The second-order valence-electron chi connectivity index (χ2n) is 5.06. The van der Waals surface area contributed by atoms with E-state index in [4.69, 9.17) is 9.47 Å². The van der Waals surface area contributed by atoms with Gasteiger partial charge in [0.2, 0.25) is 5.43 Å². The molecule has 6 nitrogen and oxygen atoms in total. The van der Waals surface area contributed by atoms with Crippen LogP contribution in [0.5, 0.6) is 11.5 Å². The molecule has 6 heteroatoms. The van der Waals surface area contributed by atoms with Crippen LogP contribution in [0, 0.1) is 0 Å². The van der Waals surface area contributed by atoms with Gasteiger partial charge in [0.1, 0.15) is 11.4 Å². The van der Waals surface area contributed by atoms with Gasteiger partial charge in [0.25, 0.3) is 5.91 Å². The van der Waals surface area contributed by atoms with Crippen LogP contribution in [-0.2, 0) is 13.5 Å². The van der Waals surface area contributed by atoms with Crippen LogP contribution < -0.4 is 20.2 Å². The summed E-state index contributed by atoms with van der Waals surface area (Å²) >= 11 is 0. The molecular formula is C17H20N2O4. The number of nitrogens with zero attached hydrogens (tertiary/aromatic N) is 1. The maximum Gasteiger partial charge on any atom is 0.268 e. The number of methoxy groups -OCH3 is 2. The monoisotopic (exact) mass is 316 g/mol. The Kier molecular flexibility index (Phi) is 5.41. The van der Waals surface area contributed by atoms with Crippen LogP contribution in [0.15, 0.2) is 41.3 Å². The van der Waals surface area contributed by atoms with Gasteiger partial charge in [0.15, 0.2) is 5.75 Å². The van der Waals surface area contributed by atoms with Gasteiger partial charge in [-0.05, 0) is 24.1 Å². The number of aromatic nitrogens is 1. The third-order valence-corrected chi connectivity index (χ3v) is 3.51. The number of hydrogen-bond donors (Lipinski definition) is 1. The molecule has 122 valence electrons. The zero-order valence-electron chi connectivity index (χ0n) is 13.5. The second kappa shape index (κ2) is 7.49. The minimum absolute atomic E-state index is 0.210. The lowest BCUT2D eigenvalue weighted by Gasteiger charge is -2.11. The van der Waals surface area contributed by atoms with Crippen molar-refractivity contribution in [3.8, 4) is 11.5 Å². The molecule has 0 saturated heterocycles. The van der Waals surface area contributed by atoms with Crippen molar-refractivity contribution in [1.29, 1.82) is 0 Å². The van der Waals surface area contributed by atoms with Gasteiger partial charge >= 0.3 is 0 Å². The Balaban J connectivity index is 1.97. The SMILES string of the molecule is COc1ccc(CCNC(=O)c2cc(=O)c(OC)cn2C)cc1. The summed E-state index contributed by atoms with van der Waals surface area (Å²) in [4.78, 5) is 23.9. The van der Waals surface area contributed by atoms with Gasteiger partial charge in [-0.1, -0.05) is 12.1 Å².